The van der Waals surface area contributed by atoms with Crippen molar-refractivity contribution in [2.24, 2.45) is 11.7 Å². The molecule has 0 aromatic carbocycles. The summed E-state index contributed by atoms with van der Waals surface area (Å²) in [5, 5.41) is 8.90. The van der Waals surface area contributed by atoms with E-state index in [1.807, 2.05) is 11.8 Å². The van der Waals surface area contributed by atoms with Crippen LogP contribution in [0.25, 0.3) is 0 Å². The number of unbranched alkanes of at least 4 members (excludes halogenated alkanes) is 1. The number of fused-ring (bicyclic) bond motifs is 1. The van der Waals surface area contributed by atoms with E-state index in [-0.39, 0.29) is 23.2 Å². The summed E-state index contributed by atoms with van der Waals surface area (Å²) in [7, 11) is 0. The van der Waals surface area contributed by atoms with Crippen LogP contribution in [-0.4, -0.2) is 41.2 Å². The van der Waals surface area contributed by atoms with Gasteiger partial charge in [-0.3, -0.25) is 4.79 Å². The third-order valence-electron chi connectivity index (χ3n) is 4.37. The average molecular weight is 328 g/mol. The van der Waals surface area contributed by atoms with Gasteiger partial charge < -0.3 is 21.7 Å². The summed E-state index contributed by atoms with van der Waals surface area (Å²) in [4.78, 5) is 23.1. The molecule has 2 fully saturated rings. The molecule has 0 radical (unpaired) electrons. The van der Waals surface area contributed by atoms with Crippen molar-refractivity contribution in [3.8, 4) is 0 Å². The Hall–Kier alpha value is -0.950. The van der Waals surface area contributed by atoms with E-state index in [1.165, 1.54) is 0 Å². The lowest BCUT2D eigenvalue weighted by Crippen LogP contribution is -2.61. The summed E-state index contributed by atoms with van der Waals surface area (Å²) < 4.78 is 0. The molecule has 22 heavy (non-hydrogen) atoms. The molecule has 2 heterocycles. The average Bonchev–Trinajstić information content (AvgIpc) is 2.87. The minimum Gasteiger partial charge on any atom is -0.356 e. The van der Waals surface area contributed by atoms with Crippen molar-refractivity contribution in [3.05, 3.63) is 0 Å². The zero-order chi connectivity index (χ0) is 16.2. The molecule has 0 unspecified atom stereocenters. The van der Waals surface area contributed by atoms with E-state index < -0.39 is 5.66 Å². The first-order chi connectivity index (χ1) is 10.4. The first kappa shape index (κ1) is 17.4. The second-order valence-corrected chi connectivity index (χ2v) is 7.92. The topological polar surface area (TPSA) is 96.2 Å². The van der Waals surface area contributed by atoms with Gasteiger partial charge in [0.1, 0.15) is 5.66 Å². The van der Waals surface area contributed by atoms with Crippen molar-refractivity contribution in [1.29, 1.82) is 0 Å². The molecule has 0 saturated carbocycles. The summed E-state index contributed by atoms with van der Waals surface area (Å²) >= 11 is 1.81. The maximum atomic E-state index is 11.7. The van der Waals surface area contributed by atoms with Crippen LogP contribution in [0.4, 0.5) is 4.79 Å². The Bertz CT molecular complexity index is 418. The predicted octanol–water partition coefficient (Wildman–Crippen LogP) is 1.16. The van der Waals surface area contributed by atoms with E-state index in [0.29, 0.717) is 12.3 Å². The van der Waals surface area contributed by atoms with Crippen LogP contribution in [-0.2, 0) is 4.79 Å². The minimum atomic E-state index is -0.624. The van der Waals surface area contributed by atoms with Crippen LogP contribution in [0.1, 0.15) is 46.0 Å². The van der Waals surface area contributed by atoms with Crippen molar-refractivity contribution in [2.45, 2.75) is 62.9 Å². The zero-order valence-electron chi connectivity index (χ0n) is 13.5. The van der Waals surface area contributed by atoms with Gasteiger partial charge in [-0.05, 0) is 25.2 Å². The second kappa shape index (κ2) is 7.55. The van der Waals surface area contributed by atoms with Crippen LogP contribution >= 0.6 is 11.8 Å². The number of thioether (sulfide) groups is 1. The number of carbonyl (C=O) groups excluding carboxylic acids is 2. The first-order valence-corrected chi connectivity index (χ1v) is 9.22. The van der Waals surface area contributed by atoms with Gasteiger partial charge in [0.25, 0.3) is 0 Å². The Kier molecular flexibility index (Phi) is 5.97. The molecule has 2 aliphatic rings. The largest absolute Gasteiger partial charge is 0.356 e. The van der Waals surface area contributed by atoms with E-state index in [1.54, 1.807) is 0 Å². The molecule has 0 aromatic heterocycles. The molecule has 7 heteroatoms. The van der Waals surface area contributed by atoms with Crippen LogP contribution in [0.3, 0.4) is 0 Å². The molecular formula is C15H28N4O2S. The number of nitrogens with one attached hydrogen (secondary N) is 3. The lowest BCUT2D eigenvalue weighted by atomic mass is 9.96. The van der Waals surface area contributed by atoms with E-state index in [4.69, 9.17) is 5.73 Å². The Balaban J connectivity index is 1.61. The van der Waals surface area contributed by atoms with Crippen LogP contribution in [0.5, 0.6) is 0 Å². The number of hydrogen-bond donors (Lipinski definition) is 4. The molecule has 2 rings (SSSR count). The van der Waals surface area contributed by atoms with Crippen molar-refractivity contribution in [1.82, 2.24) is 16.0 Å². The summed E-state index contributed by atoms with van der Waals surface area (Å²) in [6, 6.07) is -0.142. The standard InChI is InChI=1S/C15H28N4O2S/c1-10(2)7-8-17-13(20)6-4-3-5-12-15(16)11(9-22-12)18-14(21)19-15/h10-12H,3-9,16H2,1-2H3,(H,17,20)(H2,18,19,21)/t11-,12-,15-/m1/s1. The van der Waals surface area contributed by atoms with Crippen molar-refractivity contribution in [3.63, 3.8) is 0 Å². The fraction of sp³-hybridized carbons (Fsp3) is 0.867. The highest BCUT2D eigenvalue weighted by Gasteiger charge is 2.53. The lowest BCUT2D eigenvalue weighted by Gasteiger charge is -2.29. The third-order valence-corrected chi connectivity index (χ3v) is 5.93. The highest BCUT2D eigenvalue weighted by Crippen LogP contribution is 2.38. The summed E-state index contributed by atoms with van der Waals surface area (Å²) in [5.41, 5.74) is 5.72. The van der Waals surface area contributed by atoms with Gasteiger partial charge in [0.2, 0.25) is 5.91 Å². The van der Waals surface area contributed by atoms with Gasteiger partial charge in [0.15, 0.2) is 0 Å². The molecule has 6 nitrogen and oxygen atoms in total. The quantitative estimate of drug-likeness (QED) is 0.397. The summed E-state index contributed by atoms with van der Waals surface area (Å²) in [5.74, 6) is 1.61. The van der Waals surface area contributed by atoms with Gasteiger partial charge in [0, 0.05) is 24.0 Å². The molecule has 0 spiro atoms. The minimum absolute atomic E-state index is 0.0225. The van der Waals surface area contributed by atoms with Crippen molar-refractivity contribution >= 4 is 23.7 Å². The van der Waals surface area contributed by atoms with Gasteiger partial charge in [0.05, 0.1) is 6.04 Å². The van der Waals surface area contributed by atoms with Gasteiger partial charge in [-0.1, -0.05) is 20.3 Å². The monoisotopic (exact) mass is 328 g/mol. The fourth-order valence-electron chi connectivity index (χ4n) is 2.96. The second-order valence-electron chi connectivity index (χ2n) is 6.68. The molecular weight excluding hydrogens is 300 g/mol. The lowest BCUT2D eigenvalue weighted by molar-refractivity contribution is -0.121. The molecule has 5 N–H and O–H groups in total. The van der Waals surface area contributed by atoms with Crippen LogP contribution in [0, 0.1) is 5.92 Å². The molecule has 2 aliphatic heterocycles. The van der Waals surface area contributed by atoms with E-state index in [9.17, 15) is 9.59 Å². The van der Waals surface area contributed by atoms with Crippen molar-refractivity contribution in [2.75, 3.05) is 12.3 Å². The third kappa shape index (κ3) is 4.29. The smallest absolute Gasteiger partial charge is 0.316 e. The highest BCUT2D eigenvalue weighted by molar-refractivity contribution is 8.00. The number of amides is 3. The maximum absolute atomic E-state index is 11.7. The maximum Gasteiger partial charge on any atom is 0.316 e. The fourth-order valence-corrected chi connectivity index (χ4v) is 4.57. The number of urea groups is 1. The summed E-state index contributed by atoms with van der Waals surface area (Å²) in [6.45, 7) is 5.07. The Labute approximate surface area is 136 Å². The Morgan fingerprint density at radius 3 is 3.00 bits per heavy atom. The van der Waals surface area contributed by atoms with E-state index in [2.05, 4.69) is 29.8 Å². The first-order valence-electron chi connectivity index (χ1n) is 8.17. The van der Waals surface area contributed by atoms with Crippen molar-refractivity contribution < 1.29 is 9.59 Å². The van der Waals surface area contributed by atoms with Crippen LogP contribution in [0.15, 0.2) is 0 Å². The molecule has 0 aromatic rings. The van der Waals surface area contributed by atoms with Gasteiger partial charge in [-0.25, -0.2) is 4.79 Å². The molecule has 0 aliphatic carbocycles. The number of rotatable bonds is 8. The molecule has 126 valence electrons. The number of hydrogen-bond acceptors (Lipinski definition) is 4. The number of nitrogens with two attached hydrogens (primary N) is 1. The Morgan fingerprint density at radius 2 is 2.27 bits per heavy atom. The zero-order valence-corrected chi connectivity index (χ0v) is 14.3. The molecule has 0 bridgehead atoms. The van der Waals surface area contributed by atoms with E-state index in [0.717, 1.165) is 38.0 Å². The van der Waals surface area contributed by atoms with Gasteiger partial charge >= 0.3 is 6.03 Å². The van der Waals surface area contributed by atoms with Gasteiger partial charge in [-0.2, -0.15) is 11.8 Å². The highest BCUT2D eigenvalue weighted by atomic mass is 32.2. The SMILES string of the molecule is CC(C)CCNC(=O)CCCC[C@H]1SC[C@H]2NC(=O)N[C@]21N. The molecule has 3 atom stereocenters. The molecule has 3 amide bonds. The summed E-state index contributed by atoms with van der Waals surface area (Å²) in [6.07, 6.45) is 4.34. The Morgan fingerprint density at radius 1 is 1.50 bits per heavy atom. The molecule has 2 saturated heterocycles. The van der Waals surface area contributed by atoms with Crippen LogP contribution in [0.2, 0.25) is 0 Å². The van der Waals surface area contributed by atoms with E-state index >= 15 is 0 Å². The normalized spacial score (nSPS) is 30.1. The van der Waals surface area contributed by atoms with Gasteiger partial charge in [-0.15, -0.1) is 0 Å². The number of carbonyl (C=O) groups is 2. The van der Waals surface area contributed by atoms with Crippen LogP contribution < -0.4 is 21.7 Å². The predicted molar refractivity (Wildman–Crippen MR) is 89.6 cm³/mol.